The topological polar surface area (TPSA) is 32.3 Å². The van der Waals surface area contributed by atoms with Crippen molar-refractivity contribution in [1.29, 1.82) is 0 Å². The first-order chi connectivity index (χ1) is 7.29. The summed E-state index contributed by atoms with van der Waals surface area (Å²) in [6.07, 6.45) is 3.99. The Labute approximate surface area is 91.3 Å². The maximum Gasteiger partial charge on any atom is 0.115 e. The summed E-state index contributed by atoms with van der Waals surface area (Å²) in [5.74, 6) is 1.25. The lowest BCUT2D eigenvalue weighted by molar-refractivity contribution is 0.475. The maximum atomic E-state index is 9.14. The van der Waals surface area contributed by atoms with Crippen LogP contribution in [0.4, 0.5) is 0 Å². The molecule has 0 aromatic heterocycles. The molecule has 2 unspecified atom stereocenters. The van der Waals surface area contributed by atoms with E-state index in [9.17, 15) is 0 Å². The largest absolute Gasteiger partial charge is 0.508 e. The van der Waals surface area contributed by atoms with Crippen molar-refractivity contribution in [3.63, 3.8) is 0 Å². The Hall–Kier alpha value is -1.02. The molecule has 0 radical (unpaired) electrons. The lowest BCUT2D eigenvalue weighted by Crippen LogP contribution is -2.17. The van der Waals surface area contributed by atoms with Gasteiger partial charge in [-0.25, -0.2) is 0 Å². The van der Waals surface area contributed by atoms with Gasteiger partial charge in [-0.2, -0.15) is 0 Å². The van der Waals surface area contributed by atoms with Crippen LogP contribution < -0.4 is 5.32 Å². The van der Waals surface area contributed by atoms with Gasteiger partial charge in [0.05, 0.1) is 0 Å². The lowest BCUT2D eigenvalue weighted by Gasteiger charge is -2.04. The second-order valence-electron chi connectivity index (χ2n) is 4.44. The van der Waals surface area contributed by atoms with E-state index in [1.165, 1.54) is 24.8 Å². The van der Waals surface area contributed by atoms with Gasteiger partial charge in [0.2, 0.25) is 0 Å². The average molecular weight is 205 g/mol. The van der Waals surface area contributed by atoms with Gasteiger partial charge < -0.3 is 10.4 Å². The van der Waals surface area contributed by atoms with E-state index < -0.39 is 0 Å². The van der Waals surface area contributed by atoms with Crippen LogP contribution in [0.5, 0.6) is 5.75 Å². The van der Waals surface area contributed by atoms with E-state index in [4.69, 9.17) is 5.11 Å². The Balaban J connectivity index is 1.73. The maximum absolute atomic E-state index is 9.14. The molecule has 82 valence electrons. The predicted molar refractivity (Wildman–Crippen MR) is 61.7 cm³/mol. The van der Waals surface area contributed by atoms with Crippen LogP contribution in [0.3, 0.4) is 0 Å². The summed E-state index contributed by atoms with van der Waals surface area (Å²) >= 11 is 0. The zero-order valence-electron chi connectivity index (χ0n) is 9.24. The minimum Gasteiger partial charge on any atom is -0.508 e. The third-order valence-electron chi connectivity index (χ3n) is 3.09. The van der Waals surface area contributed by atoms with Gasteiger partial charge in [0.25, 0.3) is 0 Å². The summed E-state index contributed by atoms with van der Waals surface area (Å²) in [6.45, 7) is 3.17. The Morgan fingerprint density at radius 3 is 2.73 bits per heavy atom. The second kappa shape index (κ2) is 4.67. The van der Waals surface area contributed by atoms with Gasteiger partial charge >= 0.3 is 0 Å². The van der Waals surface area contributed by atoms with Crippen molar-refractivity contribution in [1.82, 2.24) is 5.32 Å². The zero-order valence-corrected chi connectivity index (χ0v) is 9.24. The standard InChI is InChI=1S/C13H19NO/c1-2-3-11-8-13(11)14-9-10-4-6-12(15)7-5-10/h4-7,11,13-15H,2-3,8-9H2,1H3. The molecular formula is C13H19NO. The first-order valence-electron chi connectivity index (χ1n) is 5.81. The number of hydrogen-bond acceptors (Lipinski definition) is 2. The van der Waals surface area contributed by atoms with Crippen molar-refractivity contribution < 1.29 is 5.11 Å². The van der Waals surface area contributed by atoms with Crippen molar-refractivity contribution in [2.24, 2.45) is 5.92 Å². The molecule has 0 spiro atoms. The number of nitrogens with one attached hydrogen (secondary N) is 1. The smallest absolute Gasteiger partial charge is 0.115 e. The molecule has 0 amide bonds. The van der Waals surface area contributed by atoms with E-state index in [0.29, 0.717) is 5.75 Å². The molecule has 1 aliphatic carbocycles. The summed E-state index contributed by atoms with van der Waals surface area (Å²) < 4.78 is 0. The van der Waals surface area contributed by atoms with Crippen LogP contribution in [0.25, 0.3) is 0 Å². The van der Waals surface area contributed by atoms with E-state index in [-0.39, 0.29) is 0 Å². The number of phenols is 1. The fourth-order valence-corrected chi connectivity index (χ4v) is 2.05. The van der Waals surface area contributed by atoms with Crippen molar-refractivity contribution in [2.75, 3.05) is 0 Å². The first kappa shape index (κ1) is 10.5. The van der Waals surface area contributed by atoms with Crippen LogP contribution in [-0.4, -0.2) is 11.1 Å². The molecule has 1 aromatic carbocycles. The van der Waals surface area contributed by atoms with Crippen LogP contribution in [0.1, 0.15) is 31.7 Å². The summed E-state index contributed by atoms with van der Waals surface area (Å²) in [5, 5.41) is 12.7. The van der Waals surface area contributed by atoms with Crippen molar-refractivity contribution in [3.8, 4) is 5.75 Å². The van der Waals surface area contributed by atoms with Crippen molar-refractivity contribution in [3.05, 3.63) is 29.8 Å². The number of benzene rings is 1. The fraction of sp³-hybridized carbons (Fsp3) is 0.538. The third kappa shape index (κ3) is 2.96. The van der Waals surface area contributed by atoms with E-state index in [1.54, 1.807) is 12.1 Å². The van der Waals surface area contributed by atoms with Crippen LogP contribution in [0.15, 0.2) is 24.3 Å². The molecule has 2 heteroatoms. The van der Waals surface area contributed by atoms with E-state index in [0.717, 1.165) is 18.5 Å². The monoisotopic (exact) mass is 205 g/mol. The molecule has 0 aliphatic heterocycles. The Morgan fingerprint density at radius 1 is 1.33 bits per heavy atom. The normalized spacial score (nSPS) is 24.1. The molecular weight excluding hydrogens is 186 g/mol. The highest BCUT2D eigenvalue weighted by Crippen LogP contribution is 2.34. The summed E-state index contributed by atoms with van der Waals surface area (Å²) in [6, 6.07) is 8.17. The molecule has 2 atom stereocenters. The van der Waals surface area contributed by atoms with Crippen molar-refractivity contribution >= 4 is 0 Å². The molecule has 1 aromatic rings. The Kier molecular flexibility index (Phi) is 3.27. The number of aromatic hydroxyl groups is 1. The molecule has 0 heterocycles. The SMILES string of the molecule is CCCC1CC1NCc1ccc(O)cc1. The summed E-state index contributed by atoms with van der Waals surface area (Å²) in [4.78, 5) is 0. The highest BCUT2D eigenvalue weighted by atomic mass is 16.3. The van der Waals surface area contributed by atoms with Gasteiger partial charge in [-0.05, 0) is 36.5 Å². The van der Waals surface area contributed by atoms with Gasteiger partial charge in [-0.15, -0.1) is 0 Å². The second-order valence-corrected chi connectivity index (χ2v) is 4.44. The van der Waals surface area contributed by atoms with E-state index in [1.807, 2.05) is 12.1 Å². The number of hydrogen-bond donors (Lipinski definition) is 2. The molecule has 2 nitrogen and oxygen atoms in total. The van der Waals surface area contributed by atoms with Gasteiger partial charge in [-0.1, -0.05) is 25.5 Å². The zero-order chi connectivity index (χ0) is 10.7. The molecule has 0 saturated heterocycles. The Bertz CT molecular complexity index is 307. The molecule has 0 bridgehead atoms. The third-order valence-corrected chi connectivity index (χ3v) is 3.09. The van der Waals surface area contributed by atoms with Gasteiger partial charge in [-0.3, -0.25) is 0 Å². The molecule has 1 saturated carbocycles. The van der Waals surface area contributed by atoms with Crippen LogP contribution >= 0.6 is 0 Å². The van der Waals surface area contributed by atoms with Gasteiger partial charge in [0.1, 0.15) is 5.75 Å². The molecule has 2 N–H and O–H groups in total. The Morgan fingerprint density at radius 2 is 2.07 bits per heavy atom. The molecule has 2 rings (SSSR count). The highest BCUT2D eigenvalue weighted by Gasteiger charge is 2.35. The van der Waals surface area contributed by atoms with E-state index in [2.05, 4.69) is 12.2 Å². The summed E-state index contributed by atoms with van der Waals surface area (Å²) in [5.41, 5.74) is 1.25. The van der Waals surface area contributed by atoms with E-state index >= 15 is 0 Å². The minimum atomic E-state index is 0.342. The number of rotatable bonds is 5. The van der Waals surface area contributed by atoms with Crippen LogP contribution in [0, 0.1) is 5.92 Å². The first-order valence-corrected chi connectivity index (χ1v) is 5.81. The molecule has 15 heavy (non-hydrogen) atoms. The number of phenolic OH excluding ortho intramolecular Hbond substituents is 1. The van der Waals surface area contributed by atoms with Crippen molar-refractivity contribution in [2.45, 2.75) is 38.8 Å². The van der Waals surface area contributed by atoms with Crippen LogP contribution in [-0.2, 0) is 6.54 Å². The fourth-order valence-electron chi connectivity index (χ4n) is 2.05. The van der Waals surface area contributed by atoms with Gasteiger partial charge in [0, 0.05) is 12.6 Å². The average Bonchev–Trinajstić information content (AvgIpc) is 2.97. The molecule has 1 fully saturated rings. The molecule has 1 aliphatic rings. The predicted octanol–water partition coefficient (Wildman–Crippen LogP) is 2.67. The van der Waals surface area contributed by atoms with Crippen LogP contribution in [0.2, 0.25) is 0 Å². The quantitative estimate of drug-likeness (QED) is 0.774. The minimum absolute atomic E-state index is 0.342. The highest BCUT2D eigenvalue weighted by molar-refractivity contribution is 5.25. The van der Waals surface area contributed by atoms with Gasteiger partial charge in [0.15, 0.2) is 0 Å². The summed E-state index contributed by atoms with van der Waals surface area (Å²) in [7, 11) is 0. The lowest BCUT2D eigenvalue weighted by atomic mass is 10.2.